The van der Waals surface area contributed by atoms with Gasteiger partial charge in [0.2, 0.25) is 0 Å². The molecule has 1 aliphatic rings. The second kappa shape index (κ2) is 2.48. The Bertz CT molecular complexity index is 131. The fourth-order valence-electron chi connectivity index (χ4n) is 2.94. The lowest BCUT2D eigenvalue weighted by Crippen LogP contribution is -2.39. The molecule has 0 aromatic carbocycles. The molecule has 1 N–H and O–H groups in total. The molecule has 0 radical (unpaired) electrons. The third-order valence-electron chi connectivity index (χ3n) is 2.55. The van der Waals surface area contributed by atoms with Gasteiger partial charge < -0.3 is 5.11 Å². The Morgan fingerprint density at radius 1 is 1.18 bits per heavy atom. The van der Waals surface area contributed by atoms with Crippen molar-refractivity contribution in [1.29, 1.82) is 0 Å². The average Bonchev–Trinajstić information content (AvgIpc) is 1.49. The van der Waals surface area contributed by atoms with Crippen molar-refractivity contribution in [3.8, 4) is 0 Å². The molecule has 1 fully saturated rings. The molecular formula is C10H20O. The first-order valence-electron chi connectivity index (χ1n) is 4.53. The van der Waals surface area contributed by atoms with Crippen LogP contribution in [0, 0.1) is 11.3 Å². The summed E-state index contributed by atoms with van der Waals surface area (Å²) >= 11 is 0. The van der Waals surface area contributed by atoms with Crippen molar-refractivity contribution >= 4 is 0 Å². The smallest absolute Gasteiger partial charge is 0.0627 e. The number of aliphatic hydroxyl groups is 1. The number of hydrogen-bond donors (Lipinski definition) is 1. The maximum absolute atomic E-state index is 9.88. The molecular weight excluding hydrogens is 136 g/mol. The van der Waals surface area contributed by atoms with Gasteiger partial charge in [0.05, 0.1) is 5.60 Å². The van der Waals surface area contributed by atoms with Crippen LogP contribution in [0.15, 0.2) is 0 Å². The Morgan fingerprint density at radius 2 is 1.73 bits per heavy atom. The van der Waals surface area contributed by atoms with E-state index in [0.717, 1.165) is 12.8 Å². The van der Waals surface area contributed by atoms with Gasteiger partial charge in [-0.1, -0.05) is 20.8 Å². The lowest BCUT2D eigenvalue weighted by molar-refractivity contribution is -0.0435. The largest absolute Gasteiger partial charge is 0.390 e. The van der Waals surface area contributed by atoms with Crippen LogP contribution in [0.3, 0.4) is 0 Å². The lowest BCUT2D eigenvalue weighted by atomic mass is 9.66. The van der Waals surface area contributed by atoms with Crippen LogP contribution < -0.4 is 0 Å². The molecule has 2 atom stereocenters. The highest BCUT2D eigenvalue weighted by molar-refractivity contribution is 4.89. The van der Waals surface area contributed by atoms with E-state index in [1.807, 2.05) is 6.92 Å². The summed E-state index contributed by atoms with van der Waals surface area (Å²) in [4.78, 5) is 0. The molecule has 1 rings (SSSR count). The Balaban J connectivity index is 2.66. The van der Waals surface area contributed by atoms with Crippen molar-refractivity contribution in [2.24, 2.45) is 11.3 Å². The fourth-order valence-corrected chi connectivity index (χ4v) is 2.94. The first-order chi connectivity index (χ1) is 4.81. The summed E-state index contributed by atoms with van der Waals surface area (Å²) < 4.78 is 0. The zero-order valence-electron chi connectivity index (χ0n) is 8.15. The van der Waals surface area contributed by atoms with E-state index in [0.29, 0.717) is 11.3 Å². The van der Waals surface area contributed by atoms with Crippen LogP contribution in [0.1, 0.15) is 47.0 Å². The van der Waals surface area contributed by atoms with Crippen LogP contribution in [0.2, 0.25) is 0 Å². The quantitative estimate of drug-likeness (QED) is 0.571. The molecule has 1 aliphatic carbocycles. The van der Waals surface area contributed by atoms with E-state index in [-0.39, 0.29) is 0 Å². The molecule has 1 nitrogen and oxygen atoms in total. The van der Waals surface area contributed by atoms with Crippen LogP contribution in [0.5, 0.6) is 0 Å². The minimum Gasteiger partial charge on any atom is -0.390 e. The molecule has 0 spiro atoms. The monoisotopic (exact) mass is 156 g/mol. The maximum atomic E-state index is 9.88. The van der Waals surface area contributed by atoms with Gasteiger partial charge in [-0.3, -0.25) is 0 Å². The van der Waals surface area contributed by atoms with E-state index in [9.17, 15) is 5.11 Å². The van der Waals surface area contributed by atoms with Crippen molar-refractivity contribution in [1.82, 2.24) is 0 Å². The summed E-state index contributed by atoms with van der Waals surface area (Å²) in [5, 5.41) is 9.88. The van der Waals surface area contributed by atoms with Gasteiger partial charge >= 0.3 is 0 Å². The minimum absolute atomic E-state index is 0.334. The lowest BCUT2D eigenvalue weighted by Gasteiger charge is -2.42. The normalized spacial score (nSPS) is 43.9. The first-order valence-corrected chi connectivity index (χ1v) is 4.53. The Hall–Kier alpha value is -0.0400. The van der Waals surface area contributed by atoms with E-state index < -0.39 is 5.60 Å². The topological polar surface area (TPSA) is 20.2 Å². The van der Waals surface area contributed by atoms with Crippen molar-refractivity contribution in [2.75, 3.05) is 0 Å². The second-order valence-corrected chi connectivity index (χ2v) is 5.35. The summed E-state index contributed by atoms with van der Waals surface area (Å²) in [5.41, 5.74) is -0.0810. The predicted octanol–water partition coefficient (Wildman–Crippen LogP) is 2.58. The van der Waals surface area contributed by atoms with Gasteiger partial charge in [-0.2, -0.15) is 0 Å². The van der Waals surface area contributed by atoms with Gasteiger partial charge in [-0.25, -0.2) is 0 Å². The molecule has 0 aromatic heterocycles. The first kappa shape index (κ1) is 9.05. The highest BCUT2D eigenvalue weighted by atomic mass is 16.3. The summed E-state index contributed by atoms with van der Waals surface area (Å²) in [6, 6.07) is 0. The van der Waals surface area contributed by atoms with E-state index in [4.69, 9.17) is 0 Å². The van der Waals surface area contributed by atoms with E-state index in [1.165, 1.54) is 6.42 Å². The summed E-state index contributed by atoms with van der Waals surface area (Å²) in [7, 11) is 0. The highest BCUT2D eigenvalue weighted by Crippen LogP contribution is 2.43. The molecule has 0 aromatic rings. The zero-order chi connectivity index (χ0) is 8.70. The van der Waals surface area contributed by atoms with E-state index >= 15 is 0 Å². The van der Waals surface area contributed by atoms with Crippen molar-refractivity contribution in [3.05, 3.63) is 0 Å². The highest BCUT2D eigenvalue weighted by Gasteiger charge is 2.37. The van der Waals surface area contributed by atoms with Gasteiger partial charge in [0.15, 0.2) is 0 Å². The Kier molecular flexibility index (Phi) is 2.04. The van der Waals surface area contributed by atoms with Crippen LogP contribution in [0.25, 0.3) is 0 Å². The molecule has 0 aliphatic heterocycles. The SMILES string of the molecule is C[C@H]1CC(C)(C)C[C@](C)(O)C1. The van der Waals surface area contributed by atoms with Crippen LogP contribution in [0.4, 0.5) is 0 Å². The van der Waals surface area contributed by atoms with Gasteiger partial charge in [0, 0.05) is 0 Å². The third-order valence-corrected chi connectivity index (χ3v) is 2.55. The molecule has 0 heterocycles. The molecule has 11 heavy (non-hydrogen) atoms. The van der Waals surface area contributed by atoms with Gasteiger partial charge in [0.25, 0.3) is 0 Å². The van der Waals surface area contributed by atoms with Crippen molar-refractivity contribution in [2.45, 2.75) is 52.6 Å². The molecule has 0 amide bonds. The van der Waals surface area contributed by atoms with Crippen LogP contribution >= 0.6 is 0 Å². The predicted molar refractivity (Wildman–Crippen MR) is 47.4 cm³/mol. The van der Waals surface area contributed by atoms with Crippen molar-refractivity contribution in [3.63, 3.8) is 0 Å². The number of hydrogen-bond acceptors (Lipinski definition) is 1. The molecule has 1 heteroatoms. The van der Waals surface area contributed by atoms with Crippen molar-refractivity contribution < 1.29 is 5.11 Å². The number of rotatable bonds is 0. The van der Waals surface area contributed by atoms with Gasteiger partial charge in [0.1, 0.15) is 0 Å². The van der Waals surface area contributed by atoms with Crippen LogP contribution in [-0.2, 0) is 0 Å². The molecule has 0 bridgehead atoms. The zero-order valence-corrected chi connectivity index (χ0v) is 8.15. The average molecular weight is 156 g/mol. The molecule has 1 saturated carbocycles. The molecule has 0 unspecified atom stereocenters. The summed E-state index contributed by atoms with van der Waals surface area (Å²) in [5.74, 6) is 0.675. The summed E-state index contributed by atoms with van der Waals surface area (Å²) in [6.45, 7) is 8.69. The molecule has 0 saturated heterocycles. The standard InChI is InChI=1S/C10H20O/c1-8-5-9(2,3)7-10(4,11)6-8/h8,11H,5-7H2,1-4H3/t8-,10+/m0/s1. The van der Waals surface area contributed by atoms with E-state index in [2.05, 4.69) is 20.8 Å². The maximum Gasteiger partial charge on any atom is 0.0627 e. The third kappa shape index (κ3) is 2.48. The second-order valence-electron chi connectivity index (χ2n) is 5.35. The Morgan fingerprint density at radius 3 is 2.09 bits per heavy atom. The fraction of sp³-hybridized carbons (Fsp3) is 1.00. The summed E-state index contributed by atoms with van der Waals surface area (Å²) in [6.07, 6.45) is 3.17. The minimum atomic E-state index is -0.416. The van der Waals surface area contributed by atoms with Gasteiger partial charge in [-0.05, 0) is 37.5 Å². The molecule has 66 valence electrons. The Labute approximate surface area is 69.8 Å². The van der Waals surface area contributed by atoms with E-state index in [1.54, 1.807) is 0 Å². The van der Waals surface area contributed by atoms with Gasteiger partial charge in [-0.15, -0.1) is 0 Å². The van der Waals surface area contributed by atoms with Crippen LogP contribution in [-0.4, -0.2) is 10.7 Å².